The summed E-state index contributed by atoms with van der Waals surface area (Å²) < 4.78 is 5.07. The van der Waals surface area contributed by atoms with Gasteiger partial charge in [-0.3, -0.25) is 4.79 Å². The lowest BCUT2D eigenvalue weighted by Gasteiger charge is -2.23. The van der Waals surface area contributed by atoms with Crippen LogP contribution in [0.3, 0.4) is 0 Å². The van der Waals surface area contributed by atoms with E-state index in [9.17, 15) is 4.79 Å². The summed E-state index contributed by atoms with van der Waals surface area (Å²) in [6, 6.07) is 0.317. The Morgan fingerprint density at radius 2 is 2.15 bits per heavy atom. The maximum absolute atomic E-state index is 11.6. The van der Waals surface area contributed by atoms with Crippen LogP contribution in [0.25, 0.3) is 0 Å². The highest BCUT2D eigenvalue weighted by molar-refractivity contribution is 5.74. The Bertz CT molecular complexity index is 215. The molecule has 3 nitrogen and oxygen atoms in total. The minimum absolute atomic E-state index is 0.00491. The molecule has 0 aromatic carbocycles. The molecular weight excluding hydrogens is 166 g/mol. The lowest BCUT2D eigenvalue weighted by molar-refractivity contribution is -0.440. The minimum Gasteiger partial charge on any atom is -0.466 e. The van der Waals surface area contributed by atoms with Crippen molar-refractivity contribution in [2.75, 3.05) is 6.61 Å². The van der Waals surface area contributed by atoms with Gasteiger partial charge in [0, 0.05) is 5.92 Å². The molecule has 0 aromatic rings. The number of carbonyl (C=O) groups excluding carboxylic acids is 1. The number of fused-ring (bicyclic) bond motifs is 2. The van der Waals surface area contributed by atoms with Crippen LogP contribution in [0.15, 0.2) is 0 Å². The van der Waals surface area contributed by atoms with Crippen molar-refractivity contribution in [2.24, 2.45) is 17.8 Å². The molecule has 3 N–H and O–H groups in total. The molecule has 2 fully saturated rings. The molecule has 2 aliphatic rings. The van der Waals surface area contributed by atoms with Crippen LogP contribution in [0.5, 0.6) is 0 Å². The van der Waals surface area contributed by atoms with Crippen LogP contribution >= 0.6 is 0 Å². The second kappa shape index (κ2) is 3.29. The van der Waals surface area contributed by atoms with Gasteiger partial charge >= 0.3 is 5.97 Å². The molecule has 2 unspecified atom stereocenters. The third-order valence-corrected chi connectivity index (χ3v) is 3.65. The fourth-order valence-corrected chi connectivity index (χ4v) is 3.02. The van der Waals surface area contributed by atoms with Crippen molar-refractivity contribution in [1.82, 2.24) is 0 Å². The van der Waals surface area contributed by atoms with Crippen molar-refractivity contribution in [3.63, 3.8) is 0 Å². The number of hydrogen-bond donors (Lipinski definition) is 1. The number of quaternary nitrogens is 1. The van der Waals surface area contributed by atoms with Gasteiger partial charge in [-0.25, -0.2) is 0 Å². The molecule has 2 aliphatic carbocycles. The van der Waals surface area contributed by atoms with Gasteiger partial charge in [0.15, 0.2) is 0 Å². The zero-order chi connectivity index (χ0) is 9.42. The zero-order valence-electron chi connectivity index (χ0n) is 8.16. The Balaban J connectivity index is 2.03. The van der Waals surface area contributed by atoms with E-state index in [2.05, 4.69) is 5.73 Å². The summed E-state index contributed by atoms with van der Waals surface area (Å²) in [4.78, 5) is 11.6. The van der Waals surface area contributed by atoms with Gasteiger partial charge in [-0.1, -0.05) is 0 Å². The smallest absolute Gasteiger partial charge is 0.315 e. The average Bonchev–Trinajstić information content (AvgIpc) is 2.63. The molecule has 2 saturated carbocycles. The molecular formula is C10H18NO2+. The molecule has 74 valence electrons. The highest BCUT2D eigenvalue weighted by Crippen LogP contribution is 2.47. The predicted octanol–water partition coefficient (Wildman–Crippen LogP) is 0.206. The number of ether oxygens (including phenoxy) is 1. The van der Waals surface area contributed by atoms with Crippen LogP contribution in [-0.4, -0.2) is 18.6 Å². The van der Waals surface area contributed by atoms with E-state index in [1.807, 2.05) is 6.92 Å². The lowest BCUT2D eigenvalue weighted by atomic mass is 9.85. The van der Waals surface area contributed by atoms with E-state index in [-0.39, 0.29) is 11.9 Å². The van der Waals surface area contributed by atoms with Gasteiger partial charge in [0.1, 0.15) is 12.0 Å². The van der Waals surface area contributed by atoms with Crippen molar-refractivity contribution in [3.05, 3.63) is 0 Å². The van der Waals surface area contributed by atoms with Crippen LogP contribution in [0, 0.1) is 17.8 Å². The van der Waals surface area contributed by atoms with Crippen molar-refractivity contribution in [2.45, 2.75) is 32.2 Å². The molecule has 13 heavy (non-hydrogen) atoms. The van der Waals surface area contributed by atoms with Crippen molar-refractivity contribution in [1.29, 1.82) is 0 Å². The van der Waals surface area contributed by atoms with E-state index in [0.717, 1.165) is 0 Å². The Hall–Kier alpha value is -0.570. The van der Waals surface area contributed by atoms with E-state index in [0.29, 0.717) is 24.5 Å². The fourth-order valence-electron chi connectivity index (χ4n) is 3.02. The number of hydrogen-bond acceptors (Lipinski definition) is 2. The summed E-state index contributed by atoms with van der Waals surface area (Å²) in [5.41, 5.74) is 4.10. The van der Waals surface area contributed by atoms with E-state index in [1.54, 1.807) is 0 Å². The monoisotopic (exact) mass is 184 g/mol. The molecule has 0 heterocycles. The molecule has 0 aliphatic heterocycles. The van der Waals surface area contributed by atoms with Gasteiger partial charge in [0.2, 0.25) is 0 Å². The first kappa shape index (κ1) is 9.00. The van der Waals surface area contributed by atoms with E-state index in [1.165, 1.54) is 19.3 Å². The highest BCUT2D eigenvalue weighted by Gasteiger charge is 2.52. The zero-order valence-corrected chi connectivity index (χ0v) is 8.16. The molecule has 2 rings (SSSR count). The van der Waals surface area contributed by atoms with Gasteiger partial charge in [-0.05, 0) is 32.1 Å². The van der Waals surface area contributed by atoms with Crippen LogP contribution in [-0.2, 0) is 9.53 Å². The van der Waals surface area contributed by atoms with Gasteiger partial charge in [0.25, 0.3) is 0 Å². The Morgan fingerprint density at radius 3 is 2.69 bits per heavy atom. The average molecular weight is 184 g/mol. The molecule has 4 atom stereocenters. The standard InChI is InChI=1S/C10H17NO2/c1-2-13-10(12)8-6-3-4-7(5-6)9(8)11/h6-9H,2-5,11H2,1H3/p+1/t6-,7+,8?,9?/m1/s1. The normalized spacial score (nSPS) is 42.3. The molecule has 3 heteroatoms. The maximum Gasteiger partial charge on any atom is 0.315 e. The Morgan fingerprint density at radius 1 is 1.46 bits per heavy atom. The minimum atomic E-state index is -0.00491. The molecule has 0 aromatic heterocycles. The van der Waals surface area contributed by atoms with Gasteiger partial charge in [-0.15, -0.1) is 0 Å². The largest absolute Gasteiger partial charge is 0.466 e. The quantitative estimate of drug-likeness (QED) is 0.623. The summed E-state index contributed by atoms with van der Waals surface area (Å²) in [5, 5.41) is 0. The number of rotatable bonds is 2. The Kier molecular flexibility index (Phi) is 2.28. The van der Waals surface area contributed by atoms with E-state index in [4.69, 9.17) is 4.74 Å². The molecule has 0 spiro atoms. The fraction of sp³-hybridized carbons (Fsp3) is 0.900. The number of carbonyl (C=O) groups is 1. The second-order valence-electron chi connectivity index (χ2n) is 4.27. The summed E-state index contributed by atoms with van der Waals surface area (Å²) in [5.74, 6) is 1.37. The summed E-state index contributed by atoms with van der Waals surface area (Å²) in [7, 11) is 0. The van der Waals surface area contributed by atoms with E-state index >= 15 is 0 Å². The Labute approximate surface area is 78.6 Å². The summed E-state index contributed by atoms with van der Waals surface area (Å²) in [6.07, 6.45) is 3.69. The molecule has 0 radical (unpaired) electrons. The summed E-state index contributed by atoms with van der Waals surface area (Å²) in [6.45, 7) is 2.36. The molecule has 2 bridgehead atoms. The van der Waals surface area contributed by atoms with Crippen LogP contribution in [0.1, 0.15) is 26.2 Å². The molecule has 0 amide bonds. The SMILES string of the molecule is CCOC(=O)C1C([NH3+])[C@H]2CC[C@@H]1C2. The van der Waals surface area contributed by atoms with Crippen LogP contribution < -0.4 is 5.73 Å². The van der Waals surface area contributed by atoms with Crippen molar-refractivity contribution in [3.8, 4) is 0 Å². The third-order valence-electron chi connectivity index (χ3n) is 3.65. The second-order valence-corrected chi connectivity index (χ2v) is 4.27. The van der Waals surface area contributed by atoms with Gasteiger partial charge in [-0.2, -0.15) is 0 Å². The van der Waals surface area contributed by atoms with E-state index < -0.39 is 0 Å². The van der Waals surface area contributed by atoms with Crippen LogP contribution in [0.4, 0.5) is 0 Å². The number of esters is 1. The first-order chi connectivity index (χ1) is 6.24. The predicted molar refractivity (Wildman–Crippen MR) is 47.6 cm³/mol. The third kappa shape index (κ3) is 1.35. The van der Waals surface area contributed by atoms with Crippen molar-refractivity contribution >= 4 is 5.97 Å². The van der Waals surface area contributed by atoms with Gasteiger partial charge < -0.3 is 10.5 Å². The highest BCUT2D eigenvalue weighted by atomic mass is 16.5. The van der Waals surface area contributed by atoms with Crippen LogP contribution in [0.2, 0.25) is 0 Å². The first-order valence-electron chi connectivity index (χ1n) is 5.23. The van der Waals surface area contributed by atoms with Gasteiger partial charge in [0.05, 0.1) is 6.61 Å². The lowest BCUT2D eigenvalue weighted by Crippen LogP contribution is -2.68. The van der Waals surface area contributed by atoms with Crippen molar-refractivity contribution < 1.29 is 15.3 Å². The molecule has 0 saturated heterocycles. The topological polar surface area (TPSA) is 53.9 Å². The maximum atomic E-state index is 11.6. The first-order valence-corrected chi connectivity index (χ1v) is 5.23. The summed E-state index contributed by atoms with van der Waals surface area (Å²) >= 11 is 0.